The van der Waals surface area contributed by atoms with Crippen molar-refractivity contribution in [3.8, 4) is 0 Å². The molecule has 4 aromatic heterocycles. The van der Waals surface area contributed by atoms with Crippen LogP contribution in [0.3, 0.4) is 0 Å². The quantitative estimate of drug-likeness (QED) is 0.328. The molecule has 2 N–H and O–H groups in total. The molecule has 0 atom stereocenters. The van der Waals surface area contributed by atoms with Gasteiger partial charge in [-0.1, -0.05) is 18.5 Å². The molecule has 0 bridgehead atoms. The van der Waals surface area contributed by atoms with Crippen molar-refractivity contribution in [1.82, 2.24) is 34.6 Å². The summed E-state index contributed by atoms with van der Waals surface area (Å²) in [6.45, 7) is 2.18. The van der Waals surface area contributed by atoms with Gasteiger partial charge < -0.3 is 9.88 Å². The molecule has 4 aromatic rings. The van der Waals surface area contributed by atoms with Crippen LogP contribution in [0, 0.1) is 0 Å². The average molecular weight is 559 g/mol. The lowest BCUT2D eigenvalue weighted by Gasteiger charge is -2.40. The molecule has 1 aliphatic rings. The van der Waals surface area contributed by atoms with Gasteiger partial charge in [0.05, 0.1) is 16.5 Å². The average Bonchev–Trinajstić information content (AvgIpc) is 3.09. The van der Waals surface area contributed by atoms with Crippen LogP contribution in [0.5, 0.6) is 0 Å². The topological polar surface area (TPSA) is 130 Å². The Hall–Kier alpha value is -2.75. The number of aromatic amines is 1. The maximum atomic E-state index is 12.6. The van der Waals surface area contributed by atoms with Gasteiger partial charge in [-0.2, -0.15) is 13.2 Å². The first-order valence-corrected chi connectivity index (χ1v) is 13.5. The Morgan fingerprint density at radius 2 is 1.97 bits per heavy atom. The SMILES string of the molecule is CCc1[nH]c2nc(Sc3cnc4nccnc4c3)nc(N3CC(NS(=O)(=O)CC(F)(F)F)C3)c2c1Cl. The zero-order valence-corrected chi connectivity index (χ0v) is 20.9. The number of nitrogens with zero attached hydrogens (tertiary/aromatic N) is 6. The number of pyridine rings is 1. The maximum Gasteiger partial charge on any atom is 0.404 e. The highest BCUT2D eigenvalue weighted by Gasteiger charge is 2.39. The van der Waals surface area contributed by atoms with E-state index in [1.54, 1.807) is 23.5 Å². The van der Waals surface area contributed by atoms with Crippen LogP contribution in [-0.4, -0.2) is 69.4 Å². The Morgan fingerprint density at radius 1 is 1.22 bits per heavy atom. The summed E-state index contributed by atoms with van der Waals surface area (Å²) in [5, 5.41) is 1.39. The van der Waals surface area contributed by atoms with E-state index in [4.69, 9.17) is 11.6 Å². The van der Waals surface area contributed by atoms with Crippen molar-refractivity contribution < 1.29 is 21.6 Å². The van der Waals surface area contributed by atoms with Crippen LogP contribution in [0.15, 0.2) is 34.7 Å². The number of rotatable bonds is 7. The molecule has 0 amide bonds. The van der Waals surface area contributed by atoms with E-state index in [-0.39, 0.29) is 13.1 Å². The van der Waals surface area contributed by atoms with Crippen molar-refractivity contribution >= 4 is 61.4 Å². The lowest BCUT2D eigenvalue weighted by atomic mass is 10.1. The highest BCUT2D eigenvalue weighted by atomic mass is 35.5. The van der Waals surface area contributed by atoms with Crippen LogP contribution in [0.2, 0.25) is 5.02 Å². The van der Waals surface area contributed by atoms with Crippen LogP contribution < -0.4 is 9.62 Å². The number of hydrogen-bond donors (Lipinski definition) is 2. The summed E-state index contributed by atoms with van der Waals surface area (Å²) in [5.74, 6) is -1.47. The van der Waals surface area contributed by atoms with Gasteiger partial charge in [0.1, 0.15) is 17.0 Å². The summed E-state index contributed by atoms with van der Waals surface area (Å²) in [6, 6.07) is 1.12. The fraction of sp³-hybridized carbons (Fsp3) is 0.350. The van der Waals surface area contributed by atoms with Gasteiger partial charge >= 0.3 is 6.18 Å². The molecule has 0 radical (unpaired) electrons. The molecule has 36 heavy (non-hydrogen) atoms. The maximum absolute atomic E-state index is 12.6. The van der Waals surface area contributed by atoms with Crippen LogP contribution in [0.1, 0.15) is 12.6 Å². The Bertz CT molecular complexity index is 1560. The monoisotopic (exact) mass is 558 g/mol. The molecule has 1 saturated heterocycles. The first-order valence-electron chi connectivity index (χ1n) is 10.7. The summed E-state index contributed by atoms with van der Waals surface area (Å²) in [4.78, 5) is 27.6. The lowest BCUT2D eigenvalue weighted by Crippen LogP contribution is -2.60. The van der Waals surface area contributed by atoms with E-state index >= 15 is 0 Å². The second-order valence-corrected chi connectivity index (χ2v) is 11.3. The molecule has 0 unspecified atom stereocenters. The van der Waals surface area contributed by atoms with E-state index in [0.717, 1.165) is 10.6 Å². The van der Waals surface area contributed by atoms with Crippen molar-refractivity contribution in [2.75, 3.05) is 23.7 Å². The van der Waals surface area contributed by atoms with E-state index in [1.807, 2.05) is 13.0 Å². The first kappa shape index (κ1) is 24.9. The van der Waals surface area contributed by atoms with Gasteiger partial charge in [0.25, 0.3) is 0 Å². The molecule has 190 valence electrons. The third kappa shape index (κ3) is 5.19. The number of nitrogens with one attached hydrogen (secondary N) is 2. The second-order valence-electron chi connectivity index (χ2n) is 8.09. The van der Waals surface area contributed by atoms with Gasteiger partial charge in [-0.25, -0.2) is 33.1 Å². The number of H-pyrrole nitrogens is 1. The van der Waals surface area contributed by atoms with Gasteiger partial charge in [0.15, 0.2) is 16.6 Å². The highest BCUT2D eigenvalue weighted by Crippen LogP contribution is 2.38. The number of aromatic nitrogens is 6. The Balaban J connectivity index is 1.43. The van der Waals surface area contributed by atoms with E-state index in [9.17, 15) is 21.6 Å². The van der Waals surface area contributed by atoms with Crippen molar-refractivity contribution in [2.45, 2.75) is 35.6 Å². The number of hydrogen-bond acceptors (Lipinski definition) is 9. The van der Waals surface area contributed by atoms with E-state index in [1.165, 1.54) is 11.8 Å². The summed E-state index contributed by atoms with van der Waals surface area (Å²) < 4.78 is 63.4. The minimum absolute atomic E-state index is 0.128. The Morgan fingerprint density at radius 3 is 2.69 bits per heavy atom. The number of alkyl halides is 3. The molecule has 16 heteroatoms. The number of sulfonamides is 1. The third-order valence-corrected chi connectivity index (χ3v) is 8.01. The van der Waals surface area contributed by atoms with Gasteiger partial charge in [0.2, 0.25) is 10.0 Å². The summed E-state index contributed by atoms with van der Waals surface area (Å²) in [6.07, 6.45) is 0.539. The van der Waals surface area contributed by atoms with Gasteiger partial charge in [-0.05, 0) is 24.2 Å². The van der Waals surface area contributed by atoms with Crippen molar-refractivity contribution in [1.29, 1.82) is 0 Å². The molecule has 0 aliphatic carbocycles. The molecular weight excluding hydrogens is 541 g/mol. The number of aryl methyl sites for hydroxylation is 1. The van der Waals surface area contributed by atoms with Crippen LogP contribution in [-0.2, 0) is 16.4 Å². The number of halogens is 4. The second kappa shape index (κ2) is 9.28. The van der Waals surface area contributed by atoms with Crippen molar-refractivity contribution in [3.05, 3.63) is 35.4 Å². The molecule has 0 aromatic carbocycles. The van der Waals surface area contributed by atoms with Gasteiger partial charge in [-0.3, -0.25) is 4.98 Å². The molecule has 5 rings (SSSR count). The summed E-state index contributed by atoms with van der Waals surface area (Å²) in [7, 11) is -4.51. The predicted molar refractivity (Wildman–Crippen MR) is 129 cm³/mol. The molecule has 1 fully saturated rings. The zero-order chi connectivity index (χ0) is 25.7. The largest absolute Gasteiger partial charge is 0.404 e. The molecule has 1 aliphatic heterocycles. The molecule has 0 spiro atoms. The van der Waals surface area contributed by atoms with E-state index in [2.05, 4.69) is 34.6 Å². The van der Waals surface area contributed by atoms with Crippen LogP contribution in [0.25, 0.3) is 22.2 Å². The Kier molecular flexibility index (Phi) is 6.43. The standard InChI is InChI=1S/C20H18ClF3N8O2S2/c1-2-12-15(21)14-17(28-12)29-19(35-11-5-13-16(27-6-11)26-4-3-25-13)30-18(14)32-7-10(8-32)31-36(33,34)9-20(22,23)24/h3-6,10,31H,2,7-9H2,1H3,(H,28,29,30). The van der Waals surface area contributed by atoms with E-state index in [0.29, 0.717) is 44.6 Å². The number of fused-ring (bicyclic) bond motifs is 2. The van der Waals surface area contributed by atoms with Crippen molar-refractivity contribution in [2.24, 2.45) is 0 Å². The molecule has 0 saturated carbocycles. The first-order chi connectivity index (χ1) is 17.0. The van der Waals surface area contributed by atoms with Gasteiger partial charge in [-0.15, -0.1) is 0 Å². The van der Waals surface area contributed by atoms with Crippen LogP contribution >= 0.6 is 23.4 Å². The number of anilines is 1. The molecule has 5 heterocycles. The fourth-order valence-electron chi connectivity index (χ4n) is 3.83. The lowest BCUT2D eigenvalue weighted by molar-refractivity contribution is -0.106. The normalized spacial score (nSPS) is 15.1. The highest BCUT2D eigenvalue weighted by molar-refractivity contribution is 7.99. The minimum Gasteiger partial charge on any atom is -0.353 e. The van der Waals surface area contributed by atoms with Crippen molar-refractivity contribution in [3.63, 3.8) is 0 Å². The van der Waals surface area contributed by atoms with Gasteiger partial charge in [0, 0.05) is 42.3 Å². The fourth-order valence-corrected chi connectivity index (χ4v) is 6.11. The predicted octanol–water partition coefficient (Wildman–Crippen LogP) is 3.33. The van der Waals surface area contributed by atoms with Crippen LogP contribution in [0.4, 0.5) is 19.0 Å². The summed E-state index contributed by atoms with van der Waals surface area (Å²) in [5.41, 5.74) is 2.37. The molecule has 10 nitrogen and oxygen atoms in total. The minimum atomic E-state index is -4.82. The molecular formula is C20H18ClF3N8O2S2. The summed E-state index contributed by atoms with van der Waals surface area (Å²) >= 11 is 7.82. The third-order valence-electron chi connectivity index (χ3n) is 5.37. The van der Waals surface area contributed by atoms with E-state index < -0.39 is 28.0 Å². The zero-order valence-electron chi connectivity index (χ0n) is 18.5. The smallest absolute Gasteiger partial charge is 0.353 e. The Labute approximate surface area is 212 Å².